The fourth-order valence-corrected chi connectivity index (χ4v) is 7.74. The van der Waals surface area contributed by atoms with Gasteiger partial charge in [-0.25, -0.2) is 9.97 Å². The van der Waals surface area contributed by atoms with Crippen LogP contribution in [0.15, 0.2) is 72.1 Å². The molecule has 12 heteroatoms. The molecule has 2 amide bonds. The Hall–Kier alpha value is -5.18. The number of hydrogen-bond acceptors (Lipinski definition) is 8. The monoisotopic (exact) mass is 671 g/mol. The van der Waals surface area contributed by atoms with Gasteiger partial charge in [-0.05, 0) is 60.7 Å². The number of carbonyl (C=O) groups excluding carboxylic acids is 2. The average molecular weight is 672 g/mol. The summed E-state index contributed by atoms with van der Waals surface area (Å²) in [7, 11) is 1.85. The van der Waals surface area contributed by atoms with Crippen molar-refractivity contribution in [2.75, 3.05) is 44.2 Å². The van der Waals surface area contributed by atoms with Gasteiger partial charge in [0.25, 0.3) is 0 Å². The summed E-state index contributed by atoms with van der Waals surface area (Å²) < 4.78 is 1.69. The number of rotatable bonds is 6. The van der Waals surface area contributed by atoms with Gasteiger partial charge in [-0.15, -0.1) is 0 Å². The first-order valence-electron chi connectivity index (χ1n) is 16.5. The predicted octanol–water partition coefficient (Wildman–Crippen LogP) is 4.50. The molecule has 1 spiro atoms. The van der Waals surface area contributed by atoms with Gasteiger partial charge in [0.05, 0.1) is 29.2 Å². The van der Waals surface area contributed by atoms with Crippen LogP contribution in [0, 0.1) is 16.7 Å². The normalized spacial score (nSPS) is 20.5. The third-order valence-electron chi connectivity index (χ3n) is 10.3. The molecule has 1 atom stereocenters. The van der Waals surface area contributed by atoms with Crippen LogP contribution in [0.25, 0.3) is 17.0 Å². The molecule has 2 aromatic heterocycles. The number of aryl methyl sites for hydroxylation is 1. The molecular formula is C37H34ClN9O2. The zero-order chi connectivity index (χ0) is 33.7. The van der Waals surface area contributed by atoms with Crippen molar-refractivity contribution in [2.24, 2.45) is 17.5 Å². The predicted molar refractivity (Wildman–Crippen MR) is 186 cm³/mol. The Morgan fingerprint density at radius 2 is 1.84 bits per heavy atom. The van der Waals surface area contributed by atoms with E-state index in [1.165, 1.54) is 5.57 Å². The van der Waals surface area contributed by atoms with E-state index in [0.717, 1.165) is 65.0 Å². The van der Waals surface area contributed by atoms with Gasteiger partial charge in [0.2, 0.25) is 11.8 Å². The molecule has 0 saturated carbocycles. The minimum Gasteiger partial charge on any atom is -0.338 e. The van der Waals surface area contributed by atoms with Gasteiger partial charge in [0, 0.05) is 61.8 Å². The number of hydrogen-bond donors (Lipinski definition) is 0. The highest BCUT2D eigenvalue weighted by atomic mass is 35.5. The lowest BCUT2D eigenvalue weighted by Crippen LogP contribution is -2.43. The Balaban J connectivity index is 0.888. The number of nitrogens with zero attached hydrogens (tertiary/aromatic N) is 9. The number of nitriles is 1. The number of amides is 2. The first-order chi connectivity index (χ1) is 23.8. The van der Waals surface area contributed by atoms with E-state index < -0.39 is 5.41 Å². The topological polar surface area (TPSA) is 124 Å². The smallest absolute Gasteiger partial charge is 0.237 e. The zero-order valence-electron chi connectivity index (χ0n) is 27.1. The number of anilines is 1. The second kappa shape index (κ2) is 12.4. The molecule has 2 fully saturated rings. The summed E-state index contributed by atoms with van der Waals surface area (Å²) in [5, 5.41) is 13.9. The average Bonchev–Trinajstić information content (AvgIpc) is 3.92. The molecule has 8 rings (SSSR count). The van der Waals surface area contributed by atoms with Crippen LogP contribution in [0.1, 0.15) is 47.2 Å². The SMILES string of the molecule is Cn1cnc(-c2ccc(C3=CCN(C(=O)CN4CC[C@]5(CCN(c6ccc7c(c6)C(c6cnc(C#N)c(Cl)c6)=NC7)C5=O)C4)CC3)cc2)n1. The van der Waals surface area contributed by atoms with Crippen LogP contribution < -0.4 is 4.90 Å². The van der Waals surface area contributed by atoms with Crippen molar-refractivity contribution in [1.82, 2.24) is 29.5 Å². The number of carbonyl (C=O) groups is 2. The minimum absolute atomic E-state index is 0.106. The van der Waals surface area contributed by atoms with Gasteiger partial charge >= 0.3 is 0 Å². The number of benzene rings is 2. The maximum absolute atomic E-state index is 14.0. The molecule has 0 unspecified atom stereocenters. The Kier molecular flexibility index (Phi) is 7.85. The number of fused-ring (bicyclic) bond motifs is 1. The van der Waals surface area contributed by atoms with E-state index in [-0.39, 0.29) is 22.5 Å². The number of aliphatic imine (C=N–C) groups is 1. The summed E-state index contributed by atoms with van der Waals surface area (Å²) in [6.45, 7) is 4.07. The summed E-state index contributed by atoms with van der Waals surface area (Å²) in [5.41, 5.74) is 7.44. The lowest BCUT2D eigenvalue weighted by atomic mass is 9.85. The quantitative estimate of drug-likeness (QED) is 0.296. The van der Waals surface area contributed by atoms with Gasteiger partial charge in [-0.1, -0.05) is 48.0 Å². The first kappa shape index (κ1) is 31.1. The fraction of sp³-hybridized carbons (Fsp3) is 0.324. The van der Waals surface area contributed by atoms with Crippen molar-refractivity contribution >= 4 is 40.4 Å². The molecule has 11 nitrogen and oxygen atoms in total. The first-order valence-corrected chi connectivity index (χ1v) is 16.9. The molecule has 2 aromatic carbocycles. The van der Waals surface area contributed by atoms with Crippen LogP contribution in [0.3, 0.4) is 0 Å². The third kappa shape index (κ3) is 5.71. The summed E-state index contributed by atoms with van der Waals surface area (Å²) in [6, 6.07) is 18.1. The molecule has 4 aliphatic rings. The van der Waals surface area contributed by atoms with Gasteiger partial charge in [-0.2, -0.15) is 10.4 Å². The lowest BCUT2D eigenvalue weighted by molar-refractivity contribution is -0.132. The van der Waals surface area contributed by atoms with Crippen molar-refractivity contribution in [1.29, 1.82) is 5.26 Å². The molecule has 246 valence electrons. The van der Waals surface area contributed by atoms with E-state index in [2.05, 4.69) is 38.2 Å². The van der Waals surface area contributed by atoms with Gasteiger partial charge in [0.1, 0.15) is 12.4 Å². The second-order valence-corrected chi connectivity index (χ2v) is 13.7. The molecule has 0 N–H and O–H groups in total. The van der Waals surface area contributed by atoms with Gasteiger partial charge in [-0.3, -0.25) is 24.2 Å². The van der Waals surface area contributed by atoms with Gasteiger partial charge in [0.15, 0.2) is 11.5 Å². The van der Waals surface area contributed by atoms with E-state index >= 15 is 0 Å². The molecule has 4 aliphatic heterocycles. The molecule has 0 aliphatic carbocycles. The molecule has 0 bridgehead atoms. The highest BCUT2D eigenvalue weighted by molar-refractivity contribution is 6.32. The molecule has 4 aromatic rings. The van der Waals surface area contributed by atoms with E-state index in [4.69, 9.17) is 16.6 Å². The number of pyridine rings is 1. The largest absolute Gasteiger partial charge is 0.338 e. The van der Waals surface area contributed by atoms with Crippen molar-refractivity contribution < 1.29 is 9.59 Å². The molecule has 49 heavy (non-hydrogen) atoms. The third-order valence-corrected chi connectivity index (χ3v) is 10.6. The van der Waals surface area contributed by atoms with Crippen molar-refractivity contribution in [2.45, 2.75) is 25.8 Å². The standard InChI is InChI=1S/C37H34ClN9O2/c1-44-23-42-35(43-44)26-4-2-24(3-5-26)25-8-12-46(13-9-25)33(48)21-45-14-10-37(22-45)11-15-47(36(37)49)29-7-6-27-19-41-34(30(27)17-29)28-16-31(38)32(18-39)40-20-28/h2-8,16-17,20,23H,9-15,19,21-22H2,1H3/t37-/m0/s1. The van der Waals surface area contributed by atoms with Crippen molar-refractivity contribution in [3.63, 3.8) is 0 Å². The molecular weight excluding hydrogens is 638 g/mol. The summed E-state index contributed by atoms with van der Waals surface area (Å²) in [5.74, 6) is 0.933. The Morgan fingerprint density at radius 1 is 1.02 bits per heavy atom. The Morgan fingerprint density at radius 3 is 2.57 bits per heavy atom. The minimum atomic E-state index is -0.479. The molecule has 2 saturated heterocycles. The maximum atomic E-state index is 14.0. The summed E-state index contributed by atoms with van der Waals surface area (Å²) in [6.07, 6.45) is 7.77. The highest BCUT2D eigenvalue weighted by Crippen LogP contribution is 2.43. The number of halogens is 1. The highest BCUT2D eigenvalue weighted by Gasteiger charge is 2.51. The van der Waals surface area contributed by atoms with E-state index in [1.807, 2.05) is 53.2 Å². The number of likely N-dealkylation sites (tertiary alicyclic amines) is 1. The van der Waals surface area contributed by atoms with Gasteiger partial charge < -0.3 is 9.80 Å². The van der Waals surface area contributed by atoms with E-state index in [1.54, 1.807) is 23.3 Å². The summed E-state index contributed by atoms with van der Waals surface area (Å²) >= 11 is 6.27. The van der Waals surface area contributed by atoms with Crippen molar-refractivity contribution in [3.8, 4) is 17.5 Å². The lowest BCUT2D eigenvalue weighted by Gasteiger charge is -2.29. The second-order valence-electron chi connectivity index (χ2n) is 13.3. The van der Waals surface area contributed by atoms with E-state index in [9.17, 15) is 14.9 Å². The fourth-order valence-electron chi connectivity index (χ4n) is 7.53. The molecule has 0 radical (unpaired) electrons. The van der Waals surface area contributed by atoms with Crippen LogP contribution >= 0.6 is 11.6 Å². The van der Waals surface area contributed by atoms with Crippen LogP contribution in [-0.4, -0.2) is 86.3 Å². The van der Waals surface area contributed by atoms with E-state index in [0.29, 0.717) is 45.1 Å². The maximum Gasteiger partial charge on any atom is 0.237 e. The zero-order valence-corrected chi connectivity index (χ0v) is 27.9. The molecule has 6 heterocycles. The number of aromatic nitrogens is 4. The van der Waals surface area contributed by atoms with Crippen molar-refractivity contribution in [3.05, 3.63) is 100 Å². The van der Waals surface area contributed by atoms with Crippen LogP contribution in [0.4, 0.5) is 5.69 Å². The Bertz CT molecular complexity index is 2100. The summed E-state index contributed by atoms with van der Waals surface area (Å²) in [4.78, 5) is 46.6. The van der Waals surface area contributed by atoms with Crippen LogP contribution in [0.2, 0.25) is 5.02 Å². The van der Waals surface area contributed by atoms with Crippen LogP contribution in [-0.2, 0) is 23.2 Å². The van der Waals surface area contributed by atoms with Crippen LogP contribution in [0.5, 0.6) is 0 Å². The Labute approximate surface area is 289 Å².